The smallest absolute Gasteiger partial charge is 0.262 e. The quantitative estimate of drug-likeness (QED) is 0.801. The van der Waals surface area contributed by atoms with E-state index in [-0.39, 0.29) is 5.56 Å². The molecule has 2 heterocycles. The zero-order valence-electron chi connectivity index (χ0n) is 10.9. The Labute approximate surface area is 123 Å². The maximum Gasteiger partial charge on any atom is 0.262 e. The summed E-state index contributed by atoms with van der Waals surface area (Å²) in [7, 11) is 1.70. The molecule has 2 atom stereocenters. The number of nitrogens with zero attached hydrogens (tertiary/aromatic N) is 3. The van der Waals surface area contributed by atoms with Gasteiger partial charge in [-0.3, -0.25) is 9.36 Å². The van der Waals surface area contributed by atoms with Crippen LogP contribution in [0.3, 0.4) is 0 Å². The zero-order valence-corrected chi connectivity index (χ0v) is 12.5. The molecule has 0 unspecified atom stereocenters. The molecule has 1 aliphatic carbocycles. The van der Waals surface area contributed by atoms with Gasteiger partial charge in [0.1, 0.15) is 5.82 Å². The average molecular weight is 338 g/mol. The maximum atomic E-state index is 13.5. The molecule has 104 valence electrons. The van der Waals surface area contributed by atoms with Crippen LogP contribution in [0, 0.1) is 17.7 Å². The molecule has 2 fully saturated rings. The van der Waals surface area contributed by atoms with Gasteiger partial charge in [-0.25, -0.2) is 9.37 Å². The molecule has 0 spiro atoms. The summed E-state index contributed by atoms with van der Waals surface area (Å²) in [5.74, 6) is 1.78. The molecule has 2 aliphatic rings. The van der Waals surface area contributed by atoms with Crippen LogP contribution in [0.15, 0.2) is 21.4 Å². The maximum absolute atomic E-state index is 13.5. The number of aromatic nitrogens is 2. The van der Waals surface area contributed by atoms with E-state index >= 15 is 0 Å². The van der Waals surface area contributed by atoms with Gasteiger partial charge in [0.2, 0.25) is 5.95 Å². The molecule has 1 aromatic carbocycles. The summed E-state index contributed by atoms with van der Waals surface area (Å²) in [6, 6.07) is 2.60. The SMILES string of the molecule is Cn1c(N2C[C@H]3C[C@H]3C2)nc2c(Br)cc(F)cc2c1=O. The molecule has 2 aromatic rings. The fourth-order valence-corrected chi connectivity index (χ4v) is 3.65. The largest absolute Gasteiger partial charge is 0.342 e. The van der Waals surface area contributed by atoms with E-state index in [0.29, 0.717) is 21.3 Å². The van der Waals surface area contributed by atoms with Crippen molar-refractivity contribution in [1.29, 1.82) is 0 Å². The lowest BCUT2D eigenvalue weighted by molar-refractivity contribution is 0.628. The summed E-state index contributed by atoms with van der Waals surface area (Å²) in [5, 5.41) is 0.312. The van der Waals surface area contributed by atoms with E-state index in [1.165, 1.54) is 23.1 Å². The van der Waals surface area contributed by atoms with Crippen LogP contribution in [0.5, 0.6) is 0 Å². The summed E-state index contributed by atoms with van der Waals surface area (Å²) < 4.78 is 15.5. The van der Waals surface area contributed by atoms with Gasteiger partial charge in [-0.2, -0.15) is 0 Å². The van der Waals surface area contributed by atoms with E-state index < -0.39 is 5.82 Å². The van der Waals surface area contributed by atoms with Gasteiger partial charge >= 0.3 is 0 Å². The van der Waals surface area contributed by atoms with Crippen molar-refractivity contribution in [3.05, 3.63) is 32.8 Å². The molecule has 4 rings (SSSR count). The molecular weight excluding hydrogens is 325 g/mol. The van der Waals surface area contributed by atoms with E-state index in [1.54, 1.807) is 7.05 Å². The first kappa shape index (κ1) is 12.3. The van der Waals surface area contributed by atoms with Gasteiger partial charge in [0, 0.05) is 24.6 Å². The number of rotatable bonds is 1. The van der Waals surface area contributed by atoms with Gasteiger partial charge in [0.25, 0.3) is 5.56 Å². The summed E-state index contributed by atoms with van der Waals surface area (Å²) in [5.41, 5.74) is 0.329. The Morgan fingerprint density at radius 1 is 1.35 bits per heavy atom. The monoisotopic (exact) mass is 337 g/mol. The Hall–Kier alpha value is -1.43. The summed E-state index contributed by atoms with van der Waals surface area (Å²) in [6.07, 6.45) is 1.30. The Bertz CT molecular complexity index is 778. The second kappa shape index (κ2) is 4.04. The highest BCUT2D eigenvalue weighted by Gasteiger charge is 2.46. The van der Waals surface area contributed by atoms with Crippen molar-refractivity contribution in [3.63, 3.8) is 0 Å². The van der Waals surface area contributed by atoms with Crippen molar-refractivity contribution in [1.82, 2.24) is 9.55 Å². The molecule has 0 radical (unpaired) electrons. The molecule has 1 aromatic heterocycles. The highest BCUT2D eigenvalue weighted by molar-refractivity contribution is 9.10. The predicted octanol–water partition coefficient (Wildman–Crippen LogP) is 2.29. The Kier molecular flexibility index (Phi) is 2.49. The van der Waals surface area contributed by atoms with Crippen molar-refractivity contribution in [2.24, 2.45) is 18.9 Å². The van der Waals surface area contributed by atoms with E-state index in [0.717, 1.165) is 24.9 Å². The second-order valence-electron chi connectivity index (χ2n) is 5.72. The van der Waals surface area contributed by atoms with Crippen LogP contribution < -0.4 is 10.5 Å². The first-order chi connectivity index (χ1) is 9.54. The van der Waals surface area contributed by atoms with Crippen LogP contribution in [-0.2, 0) is 7.05 Å². The van der Waals surface area contributed by atoms with Gasteiger partial charge in [0.05, 0.1) is 10.9 Å². The molecule has 1 aliphatic heterocycles. The summed E-state index contributed by atoms with van der Waals surface area (Å²) >= 11 is 3.30. The van der Waals surface area contributed by atoms with E-state index in [4.69, 9.17) is 0 Å². The fraction of sp³-hybridized carbons (Fsp3) is 0.429. The van der Waals surface area contributed by atoms with Crippen LogP contribution in [0.2, 0.25) is 0 Å². The van der Waals surface area contributed by atoms with Crippen molar-refractivity contribution >= 4 is 32.8 Å². The molecular formula is C14H13BrFN3O. The number of hydrogen-bond donors (Lipinski definition) is 0. The third kappa shape index (κ3) is 1.70. The lowest BCUT2D eigenvalue weighted by Crippen LogP contribution is -2.31. The van der Waals surface area contributed by atoms with E-state index in [1.807, 2.05) is 0 Å². The Morgan fingerprint density at radius 3 is 2.75 bits per heavy atom. The molecule has 0 N–H and O–H groups in total. The molecule has 6 heteroatoms. The van der Waals surface area contributed by atoms with Crippen LogP contribution in [0.1, 0.15) is 6.42 Å². The number of anilines is 1. The second-order valence-corrected chi connectivity index (χ2v) is 6.57. The Balaban J connectivity index is 1.94. The first-order valence-corrected chi connectivity index (χ1v) is 7.44. The number of hydrogen-bond acceptors (Lipinski definition) is 3. The molecule has 20 heavy (non-hydrogen) atoms. The van der Waals surface area contributed by atoms with Gasteiger partial charge in [0.15, 0.2) is 0 Å². The Morgan fingerprint density at radius 2 is 2.05 bits per heavy atom. The minimum atomic E-state index is -0.432. The van der Waals surface area contributed by atoms with E-state index in [2.05, 4.69) is 25.8 Å². The van der Waals surface area contributed by atoms with Gasteiger partial charge in [-0.15, -0.1) is 0 Å². The van der Waals surface area contributed by atoms with Gasteiger partial charge in [-0.05, 0) is 46.3 Å². The molecule has 1 saturated heterocycles. The standard InChI is InChI=1S/C14H13BrFN3O/c1-18-13(20)10-3-9(16)4-11(15)12(10)17-14(18)19-5-7-2-8(7)6-19/h3-4,7-8H,2,5-6H2,1H3/t7-,8+. The van der Waals surface area contributed by atoms with Crippen molar-refractivity contribution in [3.8, 4) is 0 Å². The lowest BCUT2D eigenvalue weighted by Gasteiger charge is -2.22. The third-order valence-corrected chi connectivity index (χ3v) is 4.94. The lowest BCUT2D eigenvalue weighted by atomic mass is 10.2. The number of benzene rings is 1. The number of fused-ring (bicyclic) bond motifs is 2. The van der Waals surface area contributed by atoms with Crippen LogP contribution in [-0.4, -0.2) is 22.6 Å². The summed E-state index contributed by atoms with van der Waals surface area (Å²) in [4.78, 5) is 19.2. The summed E-state index contributed by atoms with van der Waals surface area (Å²) in [6.45, 7) is 1.94. The normalized spacial score (nSPS) is 24.2. The van der Waals surface area contributed by atoms with Crippen LogP contribution >= 0.6 is 15.9 Å². The number of halogens is 2. The molecule has 0 bridgehead atoms. The minimum absolute atomic E-state index is 0.203. The zero-order chi connectivity index (χ0) is 14.0. The van der Waals surface area contributed by atoms with E-state index in [9.17, 15) is 9.18 Å². The molecule has 1 saturated carbocycles. The molecule has 4 nitrogen and oxygen atoms in total. The van der Waals surface area contributed by atoms with Crippen molar-refractivity contribution in [2.75, 3.05) is 18.0 Å². The van der Waals surface area contributed by atoms with Crippen molar-refractivity contribution in [2.45, 2.75) is 6.42 Å². The topological polar surface area (TPSA) is 38.1 Å². The predicted molar refractivity (Wildman–Crippen MR) is 78.5 cm³/mol. The highest BCUT2D eigenvalue weighted by atomic mass is 79.9. The average Bonchev–Trinajstić information content (AvgIpc) is 3.01. The first-order valence-electron chi connectivity index (χ1n) is 6.65. The van der Waals surface area contributed by atoms with Crippen molar-refractivity contribution < 1.29 is 4.39 Å². The molecule has 0 amide bonds. The fourth-order valence-electron chi connectivity index (χ4n) is 3.13. The third-order valence-electron chi connectivity index (χ3n) is 4.34. The highest BCUT2D eigenvalue weighted by Crippen LogP contribution is 2.45. The van der Waals surface area contributed by atoms with Gasteiger partial charge in [-0.1, -0.05) is 0 Å². The minimum Gasteiger partial charge on any atom is -0.342 e. The van der Waals surface area contributed by atoms with Gasteiger partial charge < -0.3 is 4.90 Å². The van der Waals surface area contributed by atoms with Crippen LogP contribution in [0.25, 0.3) is 10.9 Å². The number of piperidine rings is 1. The van der Waals surface area contributed by atoms with Crippen LogP contribution in [0.4, 0.5) is 10.3 Å².